The Morgan fingerprint density at radius 1 is 1.21 bits per heavy atom. The van der Waals surface area contributed by atoms with E-state index in [9.17, 15) is 4.79 Å². The van der Waals surface area contributed by atoms with E-state index in [2.05, 4.69) is 25.7 Å². The number of carbonyl (C=O) groups is 1. The second-order valence-electron chi connectivity index (χ2n) is 5.64. The molecular formula is C19H20N6O2S. The summed E-state index contributed by atoms with van der Waals surface area (Å²) in [5, 5.41) is 13.1. The Bertz CT molecular complexity index is 941. The fourth-order valence-electron chi connectivity index (χ4n) is 2.42. The molecule has 144 valence electrons. The molecule has 0 fully saturated rings. The number of nitrogens with zero attached hydrogens (tertiary/aromatic N) is 5. The highest BCUT2D eigenvalue weighted by molar-refractivity contribution is 7.99. The lowest BCUT2D eigenvalue weighted by molar-refractivity contribution is -0.118. The number of methoxy groups -OCH3 is 1. The van der Waals surface area contributed by atoms with Gasteiger partial charge in [0, 0.05) is 24.5 Å². The molecule has 9 heteroatoms. The average Bonchev–Trinajstić information content (AvgIpc) is 3.16. The molecule has 0 bridgehead atoms. The molecule has 0 spiro atoms. The lowest BCUT2D eigenvalue weighted by atomic mass is 10.2. The number of rotatable bonds is 8. The molecule has 0 unspecified atom stereocenters. The third-order valence-electron chi connectivity index (χ3n) is 3.82. The first-order valence-electron chi connectivity index (χ1n) is 8.63. The molecule has 2 aromatic heterocycles. The first-order chi connectivity index (χ1) is 13.7. The van der Waals surface area contributed by atoms with Gasteiger partial charge >= 0.3 is 0 Å². The zero-order valence-corrected chi connectivity index (χ0v) is 16.4. The first kappa shape index (κ1) is 19.6. The van der Waals surface area contributed by atoms with Gasteiger partial charge < -0.3 is 9.30 Å². The largest absolute Gasteiger partial charge is 0.497 e. The second kappa shape index (κ2) is 9.65. The van der Waals surface area contributed by atoms with Gasteiger partial charge in [0.1, 0.15) is 5.75 Å². The summed E-state index contributed by atoms with van der Waals surface area (Å²) in [4.78, 5) is 16.0. The average molecular weight is 396 g/mol. The molecule has 0 aliphatic rings. The normalized spacial score (nSPS) is 10.9. The van der Waals surface area contributed by atoms with Gasteiger partial charge in [0.25, 0.3) is 5.91 Å². The van der Waals surface area contributed by atoms with E-state index in [1.165, 1.54) is 11.8 Å². The van der Waals surface area contributed by atoms with E-state index in [-0.39, 0.29) is 11.7 Å². The monoisotopic (exact) mass is 396 g/mol. The van der Waals surface area contributed by atoms with Crippen LogP contribution in [0.4, 0.5) is 0 Å². The Balaban J connectivity index is 1.60. The molecule has 1 N–H and O–H groups in total. The van der Waals surface area contributed by atoms with Crippen LogP contribution in [0.3, 0.4) is 0 Å². The van der Waals surface area contributed by atoms with Gasteiger partial charge in [-0.2, -0.15) is 5.10 Å². The standard InChI is InChI=1S/C19H20N6O2S/c1-3-25-18(15-4-6-16(27-2)7-5-15)23-24-19(25)28-13-17(26)22-21-12-14-8-10-20-11-9-14/h4-12H,3,13H2,1-2H3,(H,22,26)/b21-12+. The van der Waals surface area contributed by atoms with Crippen LogP contribution in [0, 0.1) is 0 Å². The summed E-state index contributed by atoms with van der Waals surface area (Å²) in [7, 11) is 1.63. The number of amides is 1. The summed E-state index contributed by atoms with van der Waals surface area (Å²) < 4.78 is 7.16. The van der Waals surface area contributed by atoms with Crippen LogP contribution in [-0.4, -0.2) is 44.7 Å². The van der Waals surface area contributed by atoms with Gasteiger partial charge in [0.2, 0.25) is 0 Å². The predicted octanol–water partition coefficient (Wildman–Crippen LogP) is 2.61. The van der Waals surface area contributed by atoms with Gasteiger partial charge in [0.05, 0.1) is 19.1 Å². The second-order valence-corrected chi connectivity index (χ2v) is 6.58. The summed E-state index contributed by atoms with van der Waals surface area (Å²) in [5.74, 6) is 1.51. The predicted molar refractivity (Wildman–Crippen MR) is 108 cm³/mol. The van der Waals surface area contributed by atoms with Crippen molar-refractivity contribution in [1.82, 2.24) is 25.2 Å². The van der Waals surface area contributed by atoms with Crippen LogP contribution in [0.1, 0.15) is 12.5 Å². The van der Waals surface area contributed by atoms with Crippen molar-refractivity contribution < 1.29 is 9.53 Å². The highest BCUT2D eigenvalue weighted by atomic mass is 32.2. The Labute approximate surface area is 167 Å². The quantitative estimate of drug-likeness (QED) is 0.357. The van der Waals surface area contributed by atoms with Crippen molar-refractivity contribution in [2.45, 2.75) is 18.6 Å². The van der Waals surface area contributed by atoms with E-state index in [1.807, 2.05) is 35.8 Å². The molecule has 2 heterocycles. The van der Waals surface area contributed by atoms with Gasteiger partial charge in [-0.15, -0.1) is 10.2 Å². The van der Waals surface area contributed by atoms with E-state index in [4.69, 9.17) is 4.74 Å². The van der Waals surface area contributed by atoms with Gasteiger partial charge in [-0.05, 0) is 48.9 Å². The zero-order valence-electron chi connectivity index (χ0n) is 15.6. The van der Waals surface area contributed by atoms with Crippen molar-refractivity contribution in [3.63, 3.8) is 0 Å². The molecule has 0 radical (unpaired) electrons. The van der Waals surface area contributed by atoms with Crippen molar-refractivity contribution in [2.24, 2.45) is 5.10 Å². The zero-order chi connectivity index (χ0) is 19.8. The molecular weight excluding hydrogens is 376 g/mol. The van der Waals surface area contributed by atoms with Crippen LogP contribution < -0.4 is 10.2 Å². The first-order valence-corrected chi connectivity index (χ1v) is 9.62. The molecule has 3 aromatic rings. The van der Waals surface area contributed by atoms with Crippen LogP contribution in [0.25, 0.3) is 11.4 Å². The number of aromatic nitrogens is 4. The fraction of sp³-hybridized carbons (Fsp3) is 0.211. The number of hydrazone groups is 1. The van der Waals surface area contributed by atoms with E-state index in [1.54, 1.807) is 37.9 Å². The lowest BCUT2D eigenvalue weighted by Gasteiger charge is -2.07. The summed E-state index contributed by atoms with van der Waals surface area (Å²) in [6.45, 7) is 2.71. The van der Waals surface area contributed by atoms with Crippen molar-refractivity contribution in [3.8, 4) is 17.1 Å². The maximum atomic E-state index is 12.0. The molecule has 1 aromatic carbocycles. The van der Waals surface area contributed by atoms with Crippen molar-refractivity contribution >= 4 is 23.9 Å². The molecule has 8 nitrogen and oxygen atoms in total. The van der Waals surface area contributed by atoms with Gasteiger partial charge in [-0.3, -0.25) is 9.78 Å². The third-order valence-corrected chi connectivity index (χ3v) is 4.79. The van der Waals surface area contributed by atoms with E-state index >= 15 is 0 Å². The minimum atomic E-state index is -0.216. The summed E-state index contributed by atoms with van der Waals surface area (Å²) >= 11 is 1.32. The molecule has 0 saturated carbocycles. The molecule has 1 amide bonds. The Morgan fingerprint density at radius 2 is 1.96 bits per heavy atom. The number of benzene rings is 1. The van der Waals surface area contributed by atoms with Gasteiger partial charge in [-0.1, -0.05) is 11.8 Å². The smallest absolute Gasteiger partial charge is 0.250 e. The maximum Gasteiger partial charge on any atom is 0.250 e. The Kier molecular flexibility index (Phi) is 6.74. The Morgan fingerprint density at radius 3 is 2.64 bits per heavy atom. The molecule has 0 aliphatic heterocycles. The number of pyridine rings is 1. The minimum Gasteiger partial charge on any atom is -0.497 e. The highest BCUT2D eigenvalue weighted by Gasteiger charge is 2.14. The molecule has 3 rings (SSSR count). The third kappa shape index (κ3) is 4.95. The molecule has 0 aliphatic carbocycles. The number of ether oxygens (including phenoxy) is 1. The number of hydrogen-bond acceptors (Lipinski definition) is 7. The van der Waals surface area contributed by atoms with Gasteiger partial charge in [-0.25, -0.2) is 5.43 Å². The van der Waals surface area contributed by atoms with Crippen molar-refractivity contribution in [1.29, 1.82) is 0 Å². The number of carbonyl (C=O) groups excluding carboxylic acids is 1. The van der Waals surface area contributed by atoms with Crippen LogP contribution in [0.15, 0.2) is 59.0 Å². The van der Waals surface area contributed by atoms with Crippen LogP contribution in [0.2, 0.25) is 0 Å². The van der Waals surface area contributed by atoms with Crippen molar-refractivity contribution in [2.75, 3.05) is 12.9 Å². The van der Waals surface area contributed by atoms with Crippen molar-refractivity contribution in [3.05, 3.63) is 54.4 Å². The van der Waals surface area contributed by atoms with Crippen LogP contribution in [0.5, 0.6) is 5.75 Å². The summed E-state index contributed by atoms with van der Waals surface area (Å²) in [6.07, 6.45) is 4.90. The molecule has 0 atom stereocenters. The number of nitrogens with one attached hydrogen (secondary N) is 1. The summed E-state index contributed by atoms with van der Waals surface area (Å²) in [6, 6.07) is 11.2. The number of hydrogen-bond donors (Lipinski definition) is 1. The minimum absolute atomic E-state index is 0.189. The van der Waals surface area contributed by atoms with Crippen LogP contribution in [-0.2, 0) is 11.3 Å². The fourth-order valence-corrected chi connectivity index (χ4v) is 3.22. The van der Waals surface area contributed by atoms with Crippen LogP contribution >= 0.6 is 11.8 Å². The maximum absolute atomic E-state index is 12.0. The summed E-state index contributed by atoms with van der Waals surface area (Å²) in [5.41, 5.74) is 4.31. The van der Waals surface area contributed by atoms with E-state index in [0.717, 1.165) is 22.7 Å². The topological polar surface area (TPSA) is 94.3 Å². The highest BCUT2D eigenvalue weighted by Crippen LogP contribution is 2.25. The number of thioether (sulfide) groups is 1. The molecule has 28 heavy (non-hydrogen) atoms. The van der Waals surface area contributed by atoms with Gasteiger partial charge in [0.15, 0.2) is 11.0 Å². The lowest BCUT2D eigenvalue weighted by Crippen LogP contribution is -2.20. The van der Waals surface area contributed by atoms with E-state index < -0.39 is 0 Å². The van der Waals surface area contributed by atoms with E-state index in [0.29, 0.717) is 11.7 Å². The SMILES string of the molecule is CCn1c(SCC(=O)N/N=C/c2ccncc2)nnc1-c1ccc(OC)cc1. The Hall–Kier alpha value is -3.20. The molecule has 0 saturated heterocycles.